The summed E-state index contributed by atoms with van der Waals surface area (Å²) in [5.41, 5.74) is 0. The predicted molar refractivity (Wildman–Crippen MR) is 90.8 cm³/mol. The van der Waals surface area contributed by atoms with E-state index >= 15 is 0 Å². The van der Waals surface area contributed by atoms with Crippen LogP contribution in [-0.2, 0) is 19.1 Å². The minimum absolute atomic E-state index is 0.149. The predicted octanol–water partition coefficient (Wildman–Crippen LogP) is 4.07. The van der Waals surface area contributed by atoms with E-state index in [1.165, 1.54) is 0 Å². The Hall–Kier alpha value is -1.06. The Morgan fingerprint density at radius 2 is 1.17 bits per heavy atom. The standard InChI is InChI=1S/C19H34O4/c1-12(2)10-22-18(20)16-14(5)8-7-9-15(6)17(16)19(21)23-11-13(3)4/h12-17H,7-11H2,1-6H3. The number of carbonyl (C=O) groups is 2. The summed E-state index contributed by atoms with van der Waals surface area (Å²) >= 11 is 0. The summed E-state index contributed by atoms with van der Waals surface area (Å²) in [7, 11) is 0. The first-order valence-corrected chi connectivity index (χ1v) is 9.07. The Morgan fingerprint density at radius 3 is 1.48 bits per heavy atom. The Kier molecular flexibility index (Phi) is 8.07. The molecule has 0 N–H and O–H groups in total. The fourth-order valence-electron chi connectivity index (χ4n) is 3.28. The van der Waals surface area contributed by atoms with Crippen LogP contribution in [0.2, 0.25) is 0 Å². The number of carbonyl (C=O) groups excluding carboxylic acids is 2. The van der Waals surface area contributed by atoms with Crippen molar-refractivity contribution in [2.24, 2.45) is 35.5 Å². The number of rotatable bonds is 6. The zero-order valence-electron chi connectivity index (χ0n) is 15.6. The first-order valence-electron chi connectivity index (χ1n) is 9.07. The lowest BCUT2D eigenvalue weighted by Gasteiger charge is -2.30. The monoisotopic (exact) mass is 326 g/mol. The second-order valence-electron chi connectivity index (χ2n) is 7.98. The van der Waals surface area contributed by atoms with E-state index in [1.54, 1.807) is 0 Å². The van der Waals surface area contributed by atoms with Gasteiger partial charge < -0.3 is 9.47 Å². The smallest absolute Gasteiger partial charge is 0.310 e. The van der Waals surface area contributed by atoms with Crippen molar-refractivity contribution in [3.8, 4) is 0 Å². The highest BCUT2D eigenvalue weighted by molar-refractivity contribution is 5.82. The van der Waals surface area contributed by atoms with Gasteiger partial charge in [0.05, 0.1) is 25.0 Å². The van der Waals surface area contributed by atoms with Gasteiger partial charge in [0, 0.05) is 0 Å². The third kappa shape index (κ3) is 6.15. The molecule has 1 saturated carbocycles. The molecule has 0 aromatic rings. The Bertz CT molecular complexity index is 353. The van der Waals surface area contributed by atoms with Crippen molar-refractivity contribution < 1.29 is 19.1 Å². The van der Waals surface area contributed by atoms with Crippen LogP contribution in [0, 0.1) is 35.5 Å². The summed E-state index contributed by atoms with van der Waals surface area (Å²) < 4.78 is 11.0. The van der Waals surface area contributed by atoms with Crippen LogP contribution in [0.5, 0.6) is 0 Å². The number of esters is 2. The summed E-state index contributed by atoms with van der Waals surface area (Å²) in [5, 5.41) is 0. The van der Waals surface area contributed by atoms with Gasteiger partial charge in [0.2, 0.25) is 0 Å². The maximum absolute atomic E-state index is 12.6. The highest BCUT2D eigenvalue weighted by atomic mass is 16.5. The third-order valence-corrected chi connectivity index (χ3v) is 4.59. The van der Waals surface area contributed by atoms with Crippen molar-refractivity contribution in [2.75, 3.05) is 13.2 Å². The lowest BCUT2D eigenvalue weighted by molar-refractivity contribution is -0.166. The van der Waals surface area contributed by atoms with Gasteiger partial charge in [-0.1, -0.05) is 48.0 Å². The third-order valence-electron chi connectivity index (χ3n) is 4.59. The zero-order chi connectivity index (χ0) is 17.6. The molecule has 0 saturated heterocycles. The van der Waals surface area contributed by atoms with Gasteiger partial charge in [-0.2, -0.15) is 0 Å². The maximum atomic E-state index is 12.6. The highest BCUT2D eigenvalue weighted by Crippen LogP contribution is 2.38. The SMILES string of the molecule is CC(C)COC(=O)C1C(C)CCCC(C)C1C(=O)OCC(C)C. The summed E-state index contributed by atoms with van der Waals surface area (Å²) in [6, 6.07) is 0. The van der Waals surface area contributed by atoms with Crippen molar-refractivity contribution >= 4 is 11.9 Å². The molecule has 4 unspecified atom stereocenters. The summed E-state index contributed by atoms with van der Waals surface area (Å²) in [4.78, 5) is 25.3. The number of hydrogen-bond donors (Lipinski definition) is 0. The van der Waals surface area contributed by atoms with Crippen molar-refractivity contribution in [3.05, 3.63) is 0 Å². The Morgan fingerprint density at radius 1 is 0.826 bits per heavy atom. The van der Waals surface area contributed by atoms with E-state index in [2.05, 4.69) is 13.8 Å². The van der Waals surface area contributed by atoms with Gasteiger partial charge in [-0.05, 0) is 36.5 Å². The van der Waals surface area contributed by atoms with E-state index in [0.29, 0.717) is 25.0 Å². The topological polar surface area (TPSA) is 52.6 Å². The van der Waals surface area contributed by atoms with Crippen LogP contribution >= 0.6 is 0 Å². The first-order chi connectivity index (χ1) is 10.7. The molecule has 4 nitrogen and oxygen atoms in total. The van der Waals surface area contributed by atoms with Crippen LogP contribution in [0.25, 0.3) is 0 Å². The fourth-order valence-corrected chi connectivity index (χ4v) is 3.28. The van der Waals surface area contributed by atoms with Crippen molar-refractivity contribution in [2.45, 2.75) is 60.8 Å². The average Bonchev–Trinajstić information content (AvgIpc) is 2.61. The first kappa shape index (κ1) is 20.0. The van der Waals surface area contributed by atoms with Gasteiger partial charge in [-0.3, -0.25) is 9.59 Å². The molecule has 0 aromatic heterocycles. The van der Waals surface area contributed by atoms with Crippen molar-refractivity contribution in [1.29, 1.82) is 0 Å². The molecule has 1 rings (SSSR count). The normalized spacial score (nSPS) is 28.5. The molecular weight excluding hydrogens is 292 g/mol. The van der Waals surface area contributed by atoms with Crippen LogP contribution in [0.15, 0.2) is 0 Å². The molecule has 134 valence electrons. The number of ether oxygens (including phenoxy) is 2. The molecule has 0 amide bonds. The molecule has 1 aliphatic rings. The van der Waals surface area contributed by atoms with Gasteiger partial charge in [-0.15, -0.1) is 0 Å². The van der Waals surface area contributed by atoms with E-state index < -0.39 is 0 Å². The molecule has 0 aromatic carbocycles. The van der Waals surface area contributed by atoms with Gasteiger partial charge in [0.25, 0.3) is 0 Å². The quantitative estimate of drug-likeness (QED) is 0.545. The minimum Gasteiger partial charge on any atom is -0.465 e. The van der Waals surface area contributed by atoms with Crippen molar-refractivity contribution in [1.82, 2.24) is 0 Å². The summed E-state index contributed by atoms with van der Waals surface area (Å²) in [5.74, 6) is -0.338. The van der Waals surface area contributed by atoms with E-state index in [-0.39, 0.29) is 35.6 Å². The molecule has 4 heteroatoms. The molecular formula is C19H34O4. The molecule has 0 spiro atoms. The molecule has 0 heterocycles. The second-order valence-corrected chi connectivity index (χ2v) is 7.98. The van der Waals surface area contributed by atoms with Gasteiger partial charge in [0.1, 0.15) is 0 Å². The number of hydrogen-bond acceptors (Lipinski definition) is 4. The molecule has 0 aliphatic heterocycles. The van der Waals surface area contributed by atoms with Crippen molar-refractivity contribution in [3.63, 3.8) is 0 Å². The van der Waals surface area contributed by atoms with Gasteiger partial charge in [0.15, 0.2) is 0 Å². The zero-order valence-corrected chi connectivity index (χ0v) is 15.6. The summed E-state index contributed by atoms with van der Waals surface area (Å²) in [6.45, 7) is 13.0. The fraction of sp³-hybridized carbons (Fsp3) is 0.895. The molecule has 4 atom stereocenters. The maximum Gasteiger partial charge on any atom is 0.310 e. The van der Waals surface area contributed by atoms with Crippen LogP contribution < -0.4 is 0 Å². The van der Waals surface area contributed by atoms with Gasteiger partial charge in [-0.25, -0.2) is 0 Å². The van der Waals surface area contributed by atoms with E-state index in [9.17, 15) is 9.59 Å². The lowest BCUT2D eigenvalue weighted by Crippen LogP contribution is -2.39. The largest absolute Gasteiger partial charge is 0.465 e. The van der Waals surface area contributed by atoms with Crippen LogP contribution in [0.4, 0.5) is 0 Å². The Balaban J connectivity index is 2.91. The Labute approximate surface area is 141 Å². The van der Waals surface area contributed by atoms with Crippen LogP contribution in [0.3, 0.4) is 0 Å². The minimum atomic E-state index is -0.383. The van der Waals surface area contributed by atoms with Crippen LogP contribution in [-0.4, -0.2) is 25.2 Å². The van der Waals surface area contributed by atoms with E-state index in [4.69, 9.17) is 9.47 Å². The van der Waals surface area contributed by atoms with Crippen LogP contribution in [0.1, 0.15) is 60.8 Å². The highest BCUT2D eigenvalue weighted by Gasteiger charge is 2.44. The molecule has 23 heavy (non-hydrogen) atoms. The lowest BCUT2D eigenvalue weighted by atomic mass is 9.77. The van der Waals surface area contributed by atoms with E-state index in [1.807, 2.05) is 27.7 Å². The molecule has 1 fully saturated rings. The second kappa shape index (κ2) is 9.29. The molecule has 0 radical (unpaired) electrons. The summed E-state index contributed by atoms with van der Waals surface area (Å²) in [6.07, 6.45) is 2.96. The molecule has 1 aliphatic carbocycles. The van der Waals surface area contributed by atoms with E-state index in [0.717, 1.165) is 19.3 Å². The molecule has 0 bridgehead atoms. The average molecular weight is 326 g/mol. The van der Waals surface area contributed by atoms with Gasteiger partial charge >= 0.3 is 11.9 Å².